The minimum atomic E-state index is -0.199. The highest BCUT2D eigenvalue weighted by Crippen LogP contribution is 2.06. The van der Waals surface area contributed by atoms with E-state index in [2.05, 4.69) is 17.3 Å². The van der Waals surface area contributed by atoms with Crippen LogP contribution in [0.4, 0.5) is 4.79 Å². The third-order valence-electron chi connectivity index (χ3n) is 2.65. The third kappa shape index (κ3) is 5.37. The number of carbonyl (C=O) groups is 1. The van der Waals surface area contributed by atoms with E-state index >= 15 is 0 Å². The molecular formula is C12H25N3O2. The van der Waals surface area contributed by atoms with Crippen LogP contribution in [0.1, 0.15) is 20.8 Å². The average molecular weight is 243 g/mol. The van der Waals surface area contributed by atoms with Gasteiger partial charge in [0.05, 0.1) is 12.7 Å². The van der Waals surface area contributed by atoms with Crippen molar-refractivity contribution in [2.45, 2.75) is 32.4 Å². The lowest BCUT2D eigenvalue weighted by atomic mass is 10.1. The Bertz CT molecular complexity index is 263. The predicted octanol–water partition coefficient (Wildman–Crippen LogP) is 0.757. The van der Waals surface area contributed by atoms with Crippen molar-refractivity contribution in [2.75, 3.05) is 40.3 Å². The maximum atomic E-state index is 11.9. The van der Waals surface area contributed by atoms with Crippen molar-refractivity contribution in [2.24, 2.45) is 0 Å². The molecule has 1 rings (SSSR count). The van der Waals surface area contributed by atoms with Gasteiger partial charge in [0.25, 0.3) is 0 Å². The van der Waals surface area contributed by atoms with Crippen LogP contribution in [0.5, 0.6) is 0 Å². The number of rotatable bonds is 2. The fourth-order valence-corrected chi connectivity index (χ4v) is 1.78. The van der Waals surface area contributed by atoms with Crippen molar-refractivity contribution < 1.29 is 9.53 Å². The summed E-state index contributed by atoms with van der Waals surface area (Å²) in [6.07, 6.45) is 0.115. The first-order valence-electron chi connectivity index (χ1n) is 6.11. The van der Waals surface area contributed by atoms with Crippen LogP contribution in [0.25, 0.3) is 0 Å². The molecule has 1 aliphatic rings. The fraction of sp³-hybridized carbons (Fsp3) is 0.917. The van der Waals surface area contributed by atoms with Crippen LogP contribution >= 0.6 is 0 Å². The first-order chi connectivity index (χ1) is 7.78. The summed E-state index contributed by atoms with van der Waals surface area (Å²) in [7, 11) is 3.88. The van der Waals surface area contributed by atoms with Crippen LogP contribution < -0.4 is 5.32 Å². The Morgan fingerprint density at radius 3 is 2.71 bits per heavy atom. The zero-order chi connectivity index (χ0) is 13.1. The number of carbonyl (C=O) groups excluding carboxylic acids is 1. The lowest BCUT2D eigenvalue weighted by Gasteiger charge is -2.33. The SMILES string of the molecule is CN1CCOC(CN(C)C(=O)NC(C)(C)C)C1. The summed E-state index contributed by atoms with van der Waals surface area (Å²) in [5.74, 6) is 0. The molecule has 1 atom stereocenters. The summed E-state index contributed by atoms with van der Waals surface area (Å²) in [5.41, 5.74) is -0.199. The summed E-state index contributed by atoms with van der Waals surface area (Å²) < 4.78 is 5.64. The molecule has 0 aliphatic carbocycles. The number of nitrogens with zero attached hydrogens (tertiary/aromatic N) is 2. The van der Waals surface area contributed by atoms with Gasteiger partial charge in [-0.25, -0.2) is 4.79 Å². The van der Waals surface area contributed by atoms with E-state index in [4.69, 9.17) is 4.74 Å². The largest absolute Gasteiger partial charge is 0.374 e. The number of urea groups is 1. The maximum absolute atomic E-state index is 11.9. The molecule has 0 aromatic carbocycles. The number of likely N-dealkylation sites (N-methyl/N-ethyl adjacent to an activating group) is 2. The van der Waals surface area contributed by atoms with Gasteiger partial charge in [0, 0.05) is 32.2 Å². The molecule has 1 unspecified atom stereocenters. The Labute approximate surface area is 104 Å². The van der Waals surface area contributed by atoms with E-state index in [-0.39, 0.29) is 17.7 Å². The van der Waals surface area contributed by atoms with E-state index < -0.39 is 0 Å². The summed E-state index contributed by atoms with van der Waals surface area (Å²) in [6.45, 7) is 9.15. The monoisotopic (exact) mass is 243 g/mol. The summed E-state index contributed by atoms with van der Waals surface area (Å²) in [6, 6.07) is -0.0469. The molecule has 5 nitrogen and oxygen atoms in total. The Balaban J connectivity index is 2.37. The molecular weight excluding hydrogens is 218 g/mol. The molecule has 1 aliphatic heterocycles. The van der Waals surface area contributed by atoms with Gasteiger partial charge in [0.2, 0.25) is 0 Å². The Hall–Kier alpha value is -0.810. The van der Waals surface area contributed by atoms with E-state index in [9.17, 15) is 4.79 Å². The molecule has 0 aromatic rings. The van der Waals surface area contributed by atoms with Crippen LogP contribution in [-0.2, 0) is 4.74 Å². The standard InChI is InChI=1S/C12H25N3O2/c1-12(2,3)13-11(16)15(5)9-10-8-14(4)6-7-17-10/h10H,6-9H2,1-5H3,(H,13,16). The third-order valence-corrected chi connectivity index (χ3v) is 2.65. The van der Waals surface area contributed by atoms with Crippen molar-refractivity contribution >= 4 is 6.03 Å². The number of morpholine rings is 1. The molecule has 100 valence electrons. The molecule has 5 heteroatoms. The molecule has 0 aromatic heterocycles. The summed E-state index contributed by atoms with van der Waals surface area (Å²) >= 11 is 0. The first kappa shape index (κ1) is 14.3. The molecule has 0 spiro atoms. The molecule has 2 amide bonds. The van der Waals surface area contributed by atoms with Gasteiger partial charge >= 0.3 is 6.03 Å². The molecule has 0 bridgehead atoms. The quantitative estimate of drug-likeness (QED) is 0.778. The number of ether oxygens (including phenoxy) is 1. The second-order valence-electron chi connectivity index (χ2n) is 5.82. The Kier molecular flexibility index (Phi) is 4.77. The lowest BCUT2D eigenvalue weighted by molar-refractivity contribution is -0.0283. The molecule has 1 N–H and O–H groups in total. The van der Waals surface area contributed by atoms with Crippen molar-refractivity contribution in [3.8, 4) is 0 Å². The molecule has 1 fully saturated rings. The molecule has 0 radical (unpaired) electrons. The molecule has 0 saturated carbocycles. The van der Waals surface area contributed by atoms with Crippen LogP contribution in [-0.4, -0.2) is 67.8 Å². The van der Waals surface area contributed by atoms with Crippen LogP contribution in [0, 0.1) is 0 Å². The van der Waals surface area contributed by atoms with Gasteiger partial charge in [-0.3, -0.25) is 0 Å². The van der Waals surface area contributed by atoms with Crippen molar-refractivity contribution in [3.05, 3.63) is 0 Å². The predicted molar refractivity (Wildman–Crippen MR) is 68.2 cm³/mol. The van der Waals surface area contributed by atoms with E-state index in [1.54, 1.807) is 11.9 Å². The highest BCUT2D eigenvalue weighted by molar-refractivity contribution is 5.74. The second-order valence-corrected chi connectivity index (χ2v) is 5.82. The van der Waals surface area contributed by atoms with E-state index in [0.29, 0.717) is 6.54 Å². The normalized spacial score (nSPS) is 22.3. The van der Waals surface area contributed by atoms with Crippen LogP contribution in [0.15, 0.2) is 0 Å². The number of nitrogens with one attached hydrogen (secondary N) is 1. The molecule has 1 heterocycles. The van der Waals surface area contributed by atoms with Gasteiger partial charge in [-0.2, -0.15) is 0 Å². The molecule has 17 heavy (non-hydrogen) atoms. The van der Waals surface area contributed by atoms with E-state index in [1.165, 1.54) is 0 Å². The average Bonchev–Trinajstić information content (AvgIpc) is 2.14. The zero-order valence-electron chi connectivity index (χ0n) is 11.6. The number of amides is 2. The van der Waals surface area contributed by atoms with Crippen LogP contribution in [0.2, 0.25) is 0 Å². The topological polar surface area (TPSA) is 44.8 Å². The van der Waals surface area contributed by atoms with Gasteiger partial charge in [-0.15, -0.1) is 0 Å². The van der Waals surface area contributed by atoms with E-state index in [0.717, 1.165) is 19.7 Å². The van der Waals surface area contributed by atoms with Gasteiger partial charge in [0.1, 0.15) is 0 Å². The highest BCUT2D eigenvalue weighted by atomic mass is 16.5. The van der Waals surface area contributed by atoms with E-state index in [1.807, 2.05) is 20.8 Å². The summed E-state index contributed by atoms with van der Waals surface area (Å²) in [4.78, 5) is 15.8. The lowest BCUT2D eigenvalue weighted by Crippen LogP contribution is -2.51. The number of hydrogen-bond donors (Lipinski definition) is 1. The molecule has 1 saturated heterocycles. The highest BCUT2D eigenvalue weighted by Gasteiger charge is 2.23. The Morgan fingerprint density at radius 1 is 1.53 bits per heavy atom. The van der Waals surface area contributed by atoms with Crippen molar-refractivity contribution in [3.63, 3.8) is 0 Å². The smallest absolute Gasteiger partial charge is 0.317 e. The number of hydrogen-bond acceptors (Lipinski definition) is 3. The van der Waals surface area contributed by atoms with Crippen molar-refractivity contribution in [1.82, 2.24) is 15.1 Å². The zero-order valence-corrected chi connectivity index (χ0v) is 11.6. The summed E-state index contributed by atoms with van der Waals surface area (Å²) in [5, 5.41) is 2.94. The second kappa shape index (κ2) is 5.69. The fourth-order valence-electron chi connectivity index (χ4n) is 1.78. The minimum absolute atomic E-state index is 0.0469. The van der Waals surface area contributed by atoms with Gasteiger partial charge in [-0.05, 0) is 27.8 Å². The van der Waals surface area contributed by atoms with Gasteiger partial charge in [0.15, 0.2) is 0 Å². The Morgan fingerprint density at radius 2 is 2.18 bits per heavy atom. The van der Waals surface area contributed by atoms with Crippen LogP contribution in [0.3, 0.4) is 0 Å². The van der Waals surface area contributed by atoms with Crippen molar-refractivity contribution in [1.29, 1.82) is 0 Å². The first-order valence-corrected chi connectivity index (χ1v) is 6.11. The van der Waals surface area contributed by atoms with Gasteiger partial charge in [-0.1, -0.05) is 0 Å². The minimum Gasteiger partial charge on any atom is -0.374 e. The van der Waals surface area contributed by atoms with Gasteiger partial charge < -0.3 is 19.9 Å². The maximum Gasteiger partial charge on any atom is 0.317 e.